The molecule has 5 heteroatoms. The molecule has 11 aromatic rings. The van der Waals surface area contributed by atoms with Crippen LogP contribution in [0.1, 0.15) is 17.3 Å². The normalized spacial score (nSPS) is 15.0. The van der Waals surface area contributed by atoms with Crippen LogP contribution < -0.4 is 5.32 Å². The lowest BCUT2D eigenvalue weighted by atomic mass is 10.0. The second-order valence-electron chi connectivity index (χ2n) is 13.2. The summed E-state index contributed by atoms with van der Waals surface area (Å²) >= 11 is 0. The number of hydrogen-bond acceptors (Lipinski definition) is 3. The maximum atomic E-state index is 6.59. The molecule has 1 atom stereocenters. The molecule has 1 unspecified atom stereocenters. The summed E-state index contributed by atoms with van der Waals surface area (Å²) < 4.78 is 11.5. The Morgan fingerprint density at radius 2 is 1.18 bits per heavy atom. The molecule has 0 fully saturated rings. The van der Waals surface area contributed by atoms with Gasteiger partial charge in [0.2, 0.25) is 5.88 Å². The van der Waals surface area contributed by atoms with Crippen LogP contribution in [0.4, 0.5) is 5.88 Å². The minimum atomic E-state index is -0.376. The fourth-order valence-electron chi connectivity index (χ4n) is 8.67. The van der Waals surface area contributed by atoms with Gasteiger partial charge in [0.25, 0.3) is 0 Å². The zero-order valence-electron chi connectivity index (χ0n) is 26.2. The van der Waals surface area contributed by atoms with E-state index in [1.165, 1.54) is 59.6 Å². The van der Waals surface area contributed by atoms with E-state index in [9.17, 15) is 0 Å². The van der Waals surface area contributed by atoms with Crippen LogP contribution in [0.3, 0.4) is 0 Å². The standard InChI is InChI=1S/C44H26N4O/c1-2-12-26-23-27(22-21-25(26)11-1)42-45-43(40-31-16-6-10-20-37(31)49-44(40)46-42)48-35-19-9-4-14-29(35)38-36(48)24-32-28-13-3-7-17-33(28)47-34-18-8-5-15-30(34)39(38)41(32)47/h1-24,43H,(H,45,46). The molecule has 1 aliphatic heterocycles. The Balaban J connectivity index is 1.26. The van der Waals surface area contributed by atoms with Gasteiger partial charge in [-0.15, -0.1) is 0 Å². The SMILES string of the molecule is c1ccc2cc(C3=NC(n4c5ccccc5c5c6c7ccccc7n7c8ccccc8c(cc54)c67)c4c(oc5ccccc45)N3)ccc2c1. The van der Waals surface area contributed by atoms with Gasteiger partial charge in [0, 0.05) is 43.3 Å². The largest absolute Gasteiger partial charge is 0.440 e. The van der Waals surface area contributed by atoms with Gasteiger partial charge < -0.3 is 18.7 Å². The van der Waals surface area contributed by atoms with E-state index >= 15 is 0 Å². The first-order valence-electron chi connectivity index (χ1n) is 16.8. The van der Waals surface area contributed by atoms with E-state index in [4.69, 9.17) is 9.41 Å². The van der Waals surface area contributed by atoms with E-state index in [-0.39, 0.29) is 6.17 Å². The third-order valence-electron chi connectivity index (χ3n) is 10.7. The highest BCUT2D eigenvalue weighted by molar-refractivity contribution is 6.35. The van der Waals surface area contributed by atoms with Crippen LogP contribution >= 0.6 is 0 Å². The molecular formula is C44H26N4O. The summed E-state index contributed by atoms with van der Waals surface area (Å²) in [6.45, 7) is 0. The van der Waals surface area contributed by atoms with Crippen molar-refractivity contribution in [1.82, 2.24) is 8.97 Å². The lowest BCUT2D eigenvalue weighted by Gasteiger charge is -2.25. The fourth-order valence-corrected chi connectivity index (χ4v) is 8.67. The van der Waals surface area contributed by atoms with Crippen LogP contribution in [0, 0.1) is 0 Å². The molecule has 12 rings (SSSR count). The molecule has 0 amide bonds. The Morgan fingerprint density at radius 1 is 0.531 bits per heavy atom. The maximum Gasteiger partial charge on any atom is 0.207 e. The Bertz CT molecular complexity index is 3210. The first kappa shape index (κ1) is 25.5. The number of hydrogen-bond donors (Lipinski definition) is 1. The zero-order valence-corrected chi connectivity index (χ0v) is 26.2. The summed E-state index contributed by atoms with van der Waals surface area (Å²) in [5.41, 5.74) is 8.95. The molecule has 228 valence electrons. The number of fused-ring (bicyclic) bond motifs is 14. The van der Waals surface area contributed by atoms with Crippen LogP contribution in [-0.4, -0.2) is 14.8 Å². The highest BCUT2D eigenvalue weighted by atomic mass is 16.4. The average molecular weight is 627 g/mol. The van der Waals surface area contributed by atoms with Crippen molar-refractivity contribution in [2.45, 2.75) is 6.17 Å². The quantitative estimate of drug-likeness (QED) is 0.208. The van der Waals surface area contributed by atoms with Crippen molar-refractivity contribution in [1.29, 1.82) is 0 Å². The van der Waals surface area contributed by atoms with Gasteiger partial charge >= 0.3 is 0 Å². The van der Waals surface area contributed by atoms with Crippen LogP contribution in [0.25, 0.3) is 81.6 Å². The predicted molar refractivity (Wildman–Crippen MR) is 203 cm³/mol. The number of nitrogens with one attached hydrogen (secondary N) is 1. The van der Waals surface area contributed by atoms with Gasteiger partial charge in [0.1, 0.15) is 11.4 Å². The van der Waals surface area contributed by atoms with Gasteiger partial charge in [-0.25, -0.2) is 4.99 Å². The number of rotatable bonds is 2. The Morgan fingerprint density at radius 3 is 2.02 bits per heavy atom. The molecule has 1 N–H and O–H groups in total. The van der Waals surface area contributed by atoms with Crippen LogP contribution in [0.5, 0.6) is 0 Å². The van der Waals surface area contributed by atoms with E-state index in [1.54, 1.807) is 0 Å². The molecular weight excluding hydrogens is 601 g/mol. The number of nitrogens with zero attached hydrogens (tertiary/aromatic N) is 3. The van der Waals surface area contributed by atoms with Gasteiger partial charge in [-0.05, 0) is 47.2 Å². The molecule has 0 radical (unpaired) electrons. The number of furan rings is 1. The number of para-hydroxylation sites is 4. The minimum absolute atomic E-state index is 0.376. The molecule has 5 heterocycles. The summed E-state index contributed by atoms with van der Waals surface area (Å²) in [5, 5.41) is 14.6. The van der Waals surface area contributed by atoms with E-state index in [0.717, 1.165) is 44.8 Å². The van der Waals surface area contributed by atoms with Crippen molar-refractivity contribution >= 4 is 93.4 Å². The number of aromatic nitrogens is 2. The highest BCUT2D eigenvalue weighted by Gasteiger charge is 2.33. The molecule has 5 nitrogen and oxygen atoms in total. The third-order valence-corrected chi connectivity index (χ3v) is 10.7. The monoisotopic (exact) mass is 626 g/mol. The van der Waals surface area contributed by atoms with Crippen molar-refractivity contribution in [3.63, 3.8) is 0 Å². The summed E-state index contributed by atoms with van der Waals surface area (Å²) in [7, 11) is 0. The molecule has 1 aliphatic rings. The lowest BCUT2D eigenvalue weighted by molar-refractivity contribution is 0.597. The maximum absolute atomic E-state index is 6.59. The molecule has 0 aliphatic carbocycles. The van der Waals surface area contributed by atoms with E-state index in [2.05, 4.69) is 148 Å². The molecule has 49 heavy (non-hydrogen) atoms. The third kappa shape index (κ3) is 3.22. The van der Waals surface area contributed by atoms with E-state index < -0.39 is 0 Å². The van der Waals surface area contributed by atoms with Gasteiger partial charge in [-0.1, -0.05) is 109 Å². The summed E-state index contributed by atoms with van der Waals surface area (Å²) in [6.07, 6.45) is -0.376. The van der Waals surface area contributed by atoms with Gasteiger partial charge in [0.15, 0.2) is 6.17 Å². The minimum Gasteiger partial charge on any atom is -0.440 e. The second kappa shape index (κ2) is 9.06. The number of anilines is 1. The summed E-state index contributed by atoms with van der Waals surface area (Å²) in [5.74, 6) is 1.53. The van der Waals surface area contributed by atoms with Crippen molar-refractivity contribution in [3.8, 4) is 0 Å². The van der Waals surface area contributed by atoms with Gasteiger partial charge in [0.05, 0.1) is 33.1 Å². The highest BCUT2D eigenvalue weighted by Crippen LogP contribution is 2.49. The fraction of sp³-hybridized carbons (Fsp3) is 0.0227. The second-order valence-corrected chi connectivity index (χ2v) is 13.2. The van der Waals surface area contributed by atoms with E-state index in [1.807, 2.05) is 12.1 Å². The Hall–Kier alpha value is -6.59. The smallest absolute Gasteiger partial charge is 0.207 e. The van der Waals surface area contributed by atoms with Crippen molar-refractivity contribution in [2.24, 2.45) is 4.99 Å². The van der Waals surface area contributed by atoms with Crippen molar-refractivity contribution < 1.29 is 4.42 Å². The topological polar surface area (TPSA) is 46.9 Å². The van der Waals surface area contributed by atoms with Gasteiger partial charge in [-0.3, -0.25) is 0 Å². The van der Waals surface area contributed by atoms with Crippen LogP contribution in [0.15, 0.2) is 155 Å². The average Bonchev–Trinajstić information content (AvgIpc) is 3.89. The lowest BCUT2D eigenvalue weighted by Crippen LogP contribution is -2.23. The van der Waals surface area contributed by atoms with Crippen molar-refractivity contribution in [3.05, 3.63) is 157 Å². The summed E-state index contributed by atoms with van der Waals surface area (Å²) in [4.78, 5) is 5.61. The van der Waals surface area contributed by atoms with E-state index in [0.29, 0.717) is 0 Å². The molecule has 4 aromatic heterocycles. The van der Waals surface area contributed by atoms with Crippen LogP contribution in [-0.2, 0) is 0 Å². The number of amidine groups is 1. The van der Waals surface area contributed by atoms with Crippen molar-refractivity contribution in [2.75, 3.05) is 5.32 Å². The van der Waals surface area contributed by atoms with Gasteiger partial charge in [-0.2, -0.15) is 0 Å². The molecule has 0 saturated heterocycles. The Kier molecular flexibility index (Phi) is 4.71. The first-order valence-corrected chi connectivity index (χ1v) is 16.8. The molecule has 0 saturated carbocycles. The molecule has 7 aromatic carbocycles. The predicted octanol–water partition coefficient (Wildman–Crippen LogP) is 11.3. The summed E-state index contributed by atoms with van der Waals surface area (Å²) in [6, 6.07) is 52.2. The number of benzene rings is 7. The first-order chi connectivity index (χ1) is 24.3. The molecule has 0 spiro atoms. The Labute approximate surface area is 279 Å². The van der Waals surface area contributed by atoms with Crippen LogP contribution in [0.2, 0.25) is 0 Å². The molecule has 0 bridgehead atoms. The number of aliphatic imine (C=N–C) groups is 1. The zero-order chi connectivity index (χ0) is 31.8.